The Balaban J connectivity index is 1.66. The van der Waals surface area contributed by atoms with Crippen molar-refractivity contribution in [2.75, 3.05) is 26.3 Å². The number of rotatable bonds is 6. The molecule has 12 heteroatoms. The van der Waals surface area contributed by atoms with Crippen LogP contribution in [-0.2, 0) is 14.8 Å². The third kappa shape index (κ3) is 4.92. The molecule has 39 heavy (non-hydrogen) atoms. The van der Waals surface area contributed by atoms with Crippen molar-refractivity contribution < 1.29 is 28.0 Å². The number of fused-ring (bicyclic) bond motifs is 1. The molecule has 1 saturated heterocycles. The van der Waals surface area contributed by atoms with Crippen molar-refractivity contribution >= 4 is 43.9 Å². The number of nitrogens with zero attached hydrogens (tertiary/aromatic N) is 4. The Morgan fingerprint density at radius 1 is 1.03 bits per heavy atom. The number of hydrogen-bond acceptors (Lipinski definition) is 8. The fourth-order valence-corrected chi connectivity index (χ4v) is 5.96. The number of nitro groups is 1. The molecule has 3 aromatic carbocycles. The molecule has 0 spiro atoms. The minimum absolute atomic E-state index is 0.118. The molecule has 0 atom stereocenters. The van der Waals surface area contributed by atoms with Crippen molar-refractivity contribution in [3.8, 4) is 5.88 Å². The van der Waals surface area contributed by atoms with Crippen molar-refractivity contribution in [1.29, 1.82) is 0 Å². The summed E-state index contributed by atoms with van der Waals surface area (Å²) in [6.07, 6.45) is 0. The second kappa shape index (κ2) is 10.4. The van der Waals surface area contributed by atoms with Crippen LogP contribution in [0.15, 0.2) is 82.7 Å². The van der Waals surface area contributed by atoms with Crippen LogP contribution >= 0.6 is 0 Å². The summed E-state index contributed by atoms with van der Waals surface area (Å²) in [5.74, 6) is -0.943. The number of aliphatic imine (C=N–C) groups is 1. The molecule has 2 heterocycles. The van der Waals surface area contributed by atoms with E-state index in [1.807, 2.05) is 6.07 Å². The Morgan fingerprint density at radius 3 is 2.31 bits per heavy atom. The average molecular weight is 549 g/mol. The molecule has 0 radical (unpaired) electrons. The maximum absolute atomic E-state index is 13.0. The smallest absolute Gasteiger partial charge is 0.271 e. The number of morpholine rings is 1. The van der Waals surface area contributed by atoms with Gasteiger partial charge in [-0.2, -0.15) is 4.31 Å². The third-order valence-electron chi connectivity index (χ3n) is 6.42. The predicted molar refractivity (Wildman–Crippen MR) is 144 cm³/mol. The molecule has 0 bridgehead atoms. The van der Waals surface area contributed by atoms with Gasteiger partial charge in [-0.3, -0.25) is 14.9 Å². The maximum Gasteiger partial charge on any atom is 0.271 e. The Bertz CT molecular complexity index is 1710. The summed E-state index contributed by atoms with van der Waals surface area (Å²) in [6.45, 7) is 2.47. The fourth-order valence-electron chi connectivity index (χ4n) is 4.55. The van der Waals surface area contributed by atoms with Gasteiger partial charge < -0.3 is 9.84 Å². The van der Waals surface area contributed by atoms with Crippen molar-refractivity contribution in [3.05, 3.63) is 94.0 Å². The lowest BCUT2D eigenvalue weighted by Gasteiger charge is -2.26. The molecule has 1 aliphatic rings. The quantitative estimate of drug-likeness (QED) is 0.217. The van der Waals surface area contributed by atoms with Gasteiger partial charge in [0.15, 0.2) is 0 Å². The monoisotopic (exact) mass is 548 g/mol. The second-order valence-electron chi connectivity index (χ2n) is 8.85. The highest BCUT2D eigenvalue weighted by molar-refractivity contribution is 7.89. The van der Waals surface area contributed by atoms with E-state index in [2.05, 4.69) is 0 Å². The van der Waals surface area contributed by atoms with E-state index in [1.165, 1.54) is 41.6 Å². The van der Waals surface area contributed by atoms with Crippen LogP contribution in [0.4, 0.5) is 11.4 Å². The van der Waals surface area contributed by atoms with Crippen LogP contribution in [0.25, 0.3) is 10.9 Å². The van der Waals surface area contributed by atoms with Crippen LogP contribution in [0.5, 0.6) is 5.88 Å². The molecule has 4 aromatic rings. The summed E-state index contributed by atoms with van der Waals surface area (Å²) in [5.41, 5.74) is 1.46. The number of aromatic nitrogens is 1. The van der Waals surface area contributed by atoms with E-state index in [1.54, 1.807) is 36.4 Å². The van der Waals surface area contributed by atoms with Crippen molar-refractivity contribution in [3.63, 3.8) is 0 Å². The zero-order valence-corrected chi connectivity index (χ0v) is 21.7. The van der Waals surface area contributed by atoms with Crippen LogP contribution in [0.1, 0.15) is 22.8 Å². The van der Waals surface area contributed by atoms with Gasteiger partial charge in [-0.15, -0.1) is 0 Å². The number of carbonyl (C=O) groups excluding carboxylic acids is 1. The van der Waals surface area contributed by atoms with E-state index in [4.69, 9.17) is 9.73 Å². The highest BCUT2D eigenvalue weighted by Crippen LogP contribution is 2.36. The van der Waals surface area contributed by atoms with E-state index in [9.17, 15) is 28.4 Å². The van der Waals surface area contributed by atoms with Gasteiger partial charge in [-0.25, -0.2) is 18.0 Å². The first kappa shape index (κ1) is 26.2. The summed E-state index contributed by atoms with van der Waals surface area (Å²) in [7, 11) is -3.70. The minimum Gasteiger partial charge on any atom is -0.494 e. The van der Waals surface area contributed by atoms with Gasteiger partial charge in [-0.1, -0.05) is 30.3 Å². The summed E-state index contributed by atoms with van der Waals surface area (Å²) in [4.78, 5) is 28.2. The normalized spacial score (nSPS) is 14.9. The first-order valence-electron chi connectivity index (χ1n) is 12.0. The minimum atomic E-state index is -3.70. The van der Waals surface area contributed by atoms with E-state index < -0.39 is 26.7 Å². The van der Waals surface area contributed by atoms with Gasteiger partial charge in [0.05, 0.1) is 45.5 Å². The predicted octanol–water partition coefficient (Wildman–Crippen LogP) is 4.11. The standard InChI is InChI=1S/C27H24N4O7S/c1-18(32)30-24-17-21(31(34)35)9-12-23(24)25(27(30)33)26(19-5-3-2-4-6-19)28-20-7-10-22(11-8-20)39(36,37)29-13-15-38-16-14-29/h2-12,17,33H,13-16H2,1H3. The number of benzene rings is 3. The highest BCUT2D eigenvalue weighted by atomic mass is 32.2. The molecule has 200 valence electrons. The lowest BCUT2D eigenvalue weighted by Crippen LogP contribution is -2.40. The molecule has 11 nitrogen and oxygen atoms in total. The number of carbonyl (C=O) groups is 1. The Hall–Kier alpha value is -4.39. The number of ether oxygens (including phenoxy) is 1. The first-order chi connectivity index (χ1) is 18.7. The van der Waals surface area contributed by atoms with E-state index >= 15 is 0 Å². The molecule has 1 aliphatic heterocycles. The SMILES string of the molecule is CC(=O)n1c(O)c(C(=Nc2ccc(S(=O)(=O)N3CCOCC3)cc2)c2ccccc2)c2ccc([N+](=O)[O-])cc21. The van der Waals surface area contributed by atoms with Crippen LogP contribution in [0.2, 0.25) is 0 Å². The van der Waals surface area contributed by atoms with Gasteiger partial charge in [0.25, 0.3) is 5.69 Å². The van der Waals surface area contributed by atoms with E-state index in [0.717, 1.165) is 4.57 Å². The molecule has 0 amide bonds. The summed E-state index contributed by atoms with van der Waals surface area (Å²) in [5, 5.41) is 23.0. The van der Waals surface area contributed by atoms with Gasteiger partial charge in [0.2, 0.25) is 21.8 Å². The molecular formula is C27H24N4O7S. The molecule has 0 saturated carbocycles. The maximum atomic E-state index is 13.0. The van der Waals surface area contributed by atoms with Gasteiger partial charge in [0, 0.05) is 43.1 Å². The van der Waals surface area contributed by atoms with Crippen LogP contribution in [0.3, 0.4) is 0 Å². The molecular weight excluding hydrogens is 524 g/mol. The van der Waals surface area contributed by atoms with Crippen molar-refractivity contribution in [1.82, 2.24) is 8.87 Å². The molecule has 0 unspecified atom stereocenters. The van der Waals surface area contributed by atoms with Gasteiger partial charge in [-0.05, 0) is 30.3 Å². The molecule has 1 fully saturated rings. The Labute approximate surface area is 223 Å². The van der Waals surface area contributed by atoms with E-state index in [0.29, 0.717) is 35.6 Å². The average Bonchev–Trinajstić information content (AvgIpc) is 3.23. The highest BCUT2D eigenvalue weighted by Gasteiger charge is 2.27. The van der Waals surface area contributed by atoms with Gasteiger partial charge in [0.1, 0.15) is 0 Å². The lowest BCUT2D eigenvalue weighted by atomic mass is 10.0. The number of hydrogen-bond donors (Lipinski definition) is 1. The number of nitro benzene ring substituents is 1. The third-order valence-corrected chi connectivity index (χ3v) is 8.34. The zero-order valence-electron chi connectivity index (χ0n) is 20.9. The zero-order chi connectivity index (χ0) is 27.7. The topological polar surface area (TPSA) is 144 Å². The molecule has 1 N–H and O–H groups in total. The van der Waals surface area contributed by atoms with Crippen molar-refractivity contribution in [2.24, 2.45) is 4.99 Å². The fraction of sp³-hybridized carbons (Fsp3) is 0.185. The lowest BCUT2D eigenvalue weighted by molar-refractivity contribution is -0.384. The van der Waals surface area contributed by atoms with Crippen molar-refractivity contribution in [2.45, 2.75) is 11.8 Å². The van der Waals surface area contributed by atoms with Crippen LogP contribution in [-0.4, -0.2) is 65.2 Å². The first-order valence-corrected chi connectivity index (χ1v) is 13.5. The molecule has 0 aliphatic carbocycles. The summed E-state index contributed by atoms with van der Waals surface area (Å²) >= 11 is 0. The Kier molecular flexibility index (Phi) is 7.00. The van der Waals surface area contributed by atoms with E-state index in [-0.39, 0.29) is 34.8 Å². The molecule has 1 aromatic heterocycles. The van der Waals surface area contributed by atoms with Crippen LogP contribution < -0.4 is 0 Å². The number of sulfonamides is 1. The van der Waals surface area contributed by atoms with Crippen LogP contribution in [0, 0.1) is 10.1 Å². The van der Waals surface area contributed by atoms with Gasteiger partial charge >= 0.3 is 0 Å². The summed E-state index contributed by atoms with van der Waals surface area (Å²) in [6, 6.07) is 19.0. The Morgan fingerprint density at radius 2 is 1.69 bits per heavy atom. The number of non-ortho nitro benzene ring substituents is 1. The molecule has 5 rings (SSSR count). The number of aromatic hydroxyl groups is 1. The summed E-state index contributed by atoms with van der Waals surface area (Å²) < 4.78 is 33.7. The largest absolute Gasteiger partial charge is 0.494 e. The second-order valence-corrected chi connectivity index (χ2v) is 10.8.